The predicted octanol–water partition coefficient (Wildman–Crippen LogP) is 2.02. The number of nitrogens with zero attached hydrogens (tertiary/aromatic N) is 1. The molecule has 0 aromatic carbocycles. The van der Waals surface area contributed by atoms with E-state index in [1.54, 1.807) is 11.8 Å². The van der Waals surface area contributed by atoms with Crippen molar-refractivity contribution in [3.8, 4) is 6.07 Å². The van der Waals surface area contributed by atoms with Crippen molar-refractivity contribution in [2.75, 3.05) is 19.3 Å². The third kappa shape index (κ3) is 3.04. The summed E-state index contributed by atoms with van der Waals surface area (Å²) < 4.78 is -0.0781. The van der Waals surface area contributed by atoms with Gasteiger partial charge in [0.05, 0.1) is 6.07 Å². The van der Waals surface area contributed by atoms with Gasteiger partial charge in [0.1, 0.15) is 4.75 Å². The highest BCUT2D eigenvalue weighted by atomic mass is 32.2. The molecule has 1 heterocycles. The second-order valence-electron chi connectivity index (χ2n) is 2.56. The summed E-state index contributed by atoms with van der Waals surface area (Å²) in [5, 5.41) is 12.1. The first kappa shape index (κ1) is 11.8. The highest BCUT2D eigenvalue weighted by Crippen LogP contribution is 2.30. The summed E-state index contributed by atoms with van der Waals surface area (Å²) in [5.41, 5.74) is 0. The number of hydrogen-bond acceptors (Lipinski definition) is 3. The molecule has 1 N–H and O–H groups in total. The van der Waals surface area contributed by atoms with Gasteiger partial charge in [-0.05, 0) is 32.2 Å². The standard InChI is InChI=1S/C7H12N2S.C2H6/c1-10-7(6-8)2-4-9-5-3-7;1-2/h9H,2-5H2,1H3;1-2H3. The zero-order chi connectivity index (χ0) is 9.45. The highest BCUT2D eigenvalue weighted by molar-refractivity contribution is 8.00. The Hall–Kier alpha value is -0.200. The first-order valence-corrected chi connectivity index (χ1v) is 5.72. The molecule has 3 heteroatoms. The van der Waals surface area contributed by atoms with Crippen molar-refractivity contribution in [2.45, 2.75) is 31.4 Å². The van der Waals surface area contributed by atoms with Crippen LogP contribution < -0.4 is 5.32 Å². The Morgan fingerprint density at radius 1 is 1.33 bits per heavy atom. The quantitative estimate of drug-likeness (QED) is 0.680. The Kier molecular flexibility index (Phi) is 6.23. The van der Waals surface area contributed by atoms with Crippen molar-refractivity contribution < 1.29 is 0 Å². The molecule has 0 bridgehead atoms. The third-order valence-corrected chi connectivity index (χ3v) is 3.29. The Morgan fingerprint density at radius 3 is 2.08 bits per heavy atom. The number of piperidine rings is 1. The third-order valence-electron chi connectivity index (χ3n) is 2.01. The molecule has 1 aliphatic heterocycles. The van der Waals surface area contributed by atoms with Crippen molar-refractivity contribution >= 4 is 11.8 Å². The van der Waals surface area contributed by atoms with Crippen LogP contribution in [-0.4, -0.2) is 24.1 Å². The van der Waals surface area contributed by atoms with Crippen LogP contribution in [0.25, 0.3) is 0 Å². The Bertz CT molecular complexity index is 145. The summed E-state index contributed by atoms with van der Waals surface area (Å²) in [6.07, 6.45) is 4.00. The van der Waals surface area contributed by atoms with Gasteiger partial charge >= 0.3 is 0 Å². The molecule has 1 saturated heterocycles. The second kappa shape index (κ2) is 6.33. The molecule has 1 aliphatic rings. The van der Waals surface area contributed by atoms with Crippen molar-refractivity contribution in [1.29, 1.82) is 5.26 Å². The smallest absolute Gasteiger partial charge is 0.104 e. The van der Waals surface area contributed by atoms with Crippen LogP contribution in [-0.2, 0) is 0 Å². The average Bonchev–Trinajstić information content (AvgIpc) is 2.22. The van der Waals surface area contributed by atoms with Gasteiger partial charge in [-0.25, -0.2) is 0 Å². The molecule has 2 nitrogen and oxygen atoms in total. The van der Waals surface area contributed by atoms with Crippen LogP contribution >= 0.6 is 11.8 Å². The molecule has 0 aliphatic carbocycles. The maximum Gasteiger partial charge on any atom is 0.104 e. The van der Waals surface area contributed by atoms with E-state index in [-0.39, 0.29) is 4.75 Å². The van der Waals surface area contributed by atoms with Gasteiger partial charge in [0, 0.05) is 0 Å². The summed E-state index contributed by atoms with van der Waals surface area (Å²) in [6, 6.07) is 2.39. The van der Waals surface area contributed by atoms with Crippen LogP contribution in [0.2, 0.25) is 0 Å². The van der Waals surface area contributed by atoms with Gasteiger partial charge in [-0.2, -0.15) is 5.26 Å². The molecule has 0 atom stereocenters. The monoisotopic (exact) mass is 186 g/mol. The normalized spacial score (nSPS) is 20.2. The summed E-state index contributed by atoms with van der Waals surface area (Å²) in [4.78, 5) is 0. The minimum absolute atomic E-state index is 0.0781. The van der Waals surface area contributed by atoms with Crippen LogP contribution in [0.15, 0.2) is 0 Å². The van der Waals surface area contributed by atoms with E-state index in [9.17, 15) is 0 Å². The SMILES string of the molecule is CC.CSC1(C#N)CCNCC1. The minimum Gasteiger partial charge on any atom is -0.317 e. The lowest BCUT2D eigenvalue weighted by atomic mass is 9.99. The Labute approximate surface area is 79.7 Å². The van der Waals surface area contributed by atoms with Gasteiger partial charge in [0.15, 0.2) is 0 Å². The highest BCUT2D eigenvalue weighted by Gasteiger charge is 2.30. The fraction of sp³-hybridized carbons (Fsp3) is 0.889. The number of thioether (sulfide) groups is 1. The molecule has 0 unspecified atom stereocenters. The van der Waals surface area contributed by atoms with Crippen LogP contribution in [0.4, 0.5) is 0 Å². The van der Waals surface area contributed by atoms with Crippen LogP contribution in [0, 0.1) is 11.3 Å². The lowest BCUT2D eigenvalue weighted by Crippen LogP contribution is -2.38. The molecule has 12 heavy (non-hydrogen) atoms. The van der Waals surface area contributed by atoms with Gasteiger partial charge in [-0.1, -0.05) is 13.8 Å². The molecule has 0 aromatic heterocycles. The summed E-state index contributed by atoms with van der Waals surface area (Å²) in [6.45, 7) is 5.99. The summed E-state index contributed by atoms with van der Waals surface area (Å²) >= 11 is 1.69. The zero-order valence-electron chi connectivity index (χ0n) is 8.18. The maximum atomic E-state index is 8.84. The second-order valence-corrected chi connectivity index (χ2v) is 3.75. The first-order chi connectivity index (χ1) is 5.83. The number of hydrogen-bond donors (Lipinski definition) is 1. The van der Waals surface area contributed by atoms with Crippen molar-refractivity contribution in [3.05, 3.63) is 0 Å². The van der Waals surface area contributed by atoms with E-state index in [1.807, 2.05) is 20.1 Å². The van der Waals surface area contributed by atoms with Crippen molar-refractivity contribution in [3.63, 3.8) is 0 Å². The molecule has 0 aromatic rings. The van der Waals surface area contributed by atoms with Crippen LogP contribution in [0.5, 0.6) is 0 Å². The number of nitriles is 1. The molecule has 0 radical (unpaired) electrons. The van der Waals surface area contributed by atoms with E-state index in [4.69, 9.17) is 5.26 Å². The van der Waals surface area contributed by atoms with E-state index in [0.29, 0.717) is 0 Å². The van der Waals surface area contributed by atoms with Crippen molar-refractivity contribution in [2.24, 2.45) is 0 Å². The molecule has 0 amide bonds. The molecular formula is C9H18N2S. The molecule has 1 fully saturated rings. The van der Waals surface area contributed by atoms with Crippen LogP contribution in [0.1, 0.15) is 26.7 Å². The van der Waals surface area contributed by atoms with Gasteiger partial charge < -0.3 is 5.32 Å². The van der Waals surface area contributed by atoms with E-state index >= 15 is 0 Å². The van der Waals surface area contributed by atoms with Crippen molar-refractivity contribution in [1.82, 2.24) is 5.32 Å². The summed E-state index contributed by atoms with van der Waals surface area (Å²) in [7, 11) is 0. The summed E-state index contributed by atoms with van der Waals surface area (Å²) in [5.74, 6) is 0. The lowest BCUT2D eigenvalue weighted by Gasteiger charge is -2.28. The number of rotatable bonds is 1. The molecule has 0 spiro atoms. The van der Waals surface area contributed by atoms with Gasteiger partial charge in [-0.3, -0.25) is 0 Å². The lowest BCUT2D eigenvalue weighted by molar-refractivity contribution is 0.476. The van der Waals surface area contributed by atoms with E-state index in [0.717, 1.165) is 25.9 Å². The zero-order valence-corrected chi connectivity index (χ0v) is 9.00. The maximum absolute atomic E-state index is 8.84. The molecule has 70 valence electrons. The average molecular weight is 186 g/mol. The Morgan fingerprint density at radius 2 is 1.83 bits per heavy atom. The number of nitrogens with one attached hydrogen (secondary N) is 1. The van der Waals surface area contributed by atoms with E-state index in [1.165, 1.54) is 0 Å². The topological polar surface area (TPSA) is 35.8 Å². The van der Waals surface area contributed by atoms with Crippen LogP contribution in [0.3, 0.4) is 0 Å². The van der Waals surface area contributed by atoms with Gasteiger partial charge in [0.2, 0.25) is 0 Å². The largest absolute Gasteiger partial charge is 0.317 e. The minimum atomic E-state index is -0.0781. The Balaban J connectivity index is 0.000000561. The first-order valence-electron chi connectivity index (χ1n) is 4.50. The van der Waals surface area contributed by atoms with Gasteiger partial charge in [-0.15, -0.1) is 11.8 Å². The van der Waals surface area contributed by atoms with E-state index in [2.05, 4.69) is 11.4 Å². The molecular weight excluding hydrogens is 168 g/mol. The fourth-order valence-electron chi connectivity index (χ4n) is 1.19. The molecule has 0 saturated carbocycles. The van der Waals surface area contributed by atoms with Gasteiger partial charge in [0.25, 0.3) is 0 Å². The van der Waals surface area contributed by atoms with E-state index < -0.39 is 0 Å². The molecule has 1 rings (SSSR count). The fourth-order valence-corrected chi connectivity index (χ4v) is 1.90. The predicted molar refractivity (Wildman–Crippen MR) is 55.3 cm³/mol.